The van der Waals surface area contributed by atoms with E-state index in [1.54, 1.807) is 11.9 Å². The van der Waals surface area contributed by atoms with Crippen LogP contribution in [0.3, 0.4) is 0 Å². The molecule has 1 aliphatic heterocycles. The van der Waals surface area contributed by atoms with Gasteiger partial charge in [0, 0.05) is 31.6 Å². The zero-order valence-corrected chi connectivity index (χ0v) is 19.1. The molecule has 2 heterocycles. The van der Waals surface area contributed by atoms with Gasteiger partial charge in [0.25, 0.3) is 5.91 Å². The Morgan fingerprint density at radius 1 is 1.09 bits per heavy atom. The molecule has 1 aliphatic carbocycles. The van der Waals surface area contributed by atoms with Crippen LogP contribution >= 0.6 is 0 Å². The summed E-state index contributed by atoms with van der Waals surface area (Å²) in [5.74, 6) is -1.27. The van der Waals surface area contributed by atoms with Crippen LogP contribution in [0.15, 0.2) is 54.6 Å². The van der Waals surface area contributed by atoms with Gasteiger partial charge < -0.3 is 14.7 Å². The third kappa shape index (κ3) is 4.35. The van der Waals surface area contributed by atoms with Gasteiger partial charge in [-0.2, -0.15) is 5.10 Å². The van der Waals surface area contributed by atoms with E-state index >= 15 is 0 Å². The molecule has 2 aliphatic rings. The number of anilines is 1. The summed E-state index contributed by atoms with van der Waals surface area (Å²) < 4.78 is 5.51. The number of amides is 2. The molecule has 5 rings (SSSR count). The fourth-order valence-electron chi connectivity index (χ4n) is 4.73. The van der Waals surface area contributed by atoms with Crippen LogP contribution < -0.4 is 5.32 Å². The molecule has 2 aromatic carbocycles. The molecule has 10 heteroatoms. The Bertz CT molecular complexity index is 1240. The Balaban J connectivity index is 1.20. The van der Waals surface area contributed by atoms with Crippen molar-refractivity contribution in [2.45, 2.75) is 12.0 Å². The van der Waals surface area contributed by atoms with Crippen LogP contribution in [0.5, 0.6) is 0 Å². The predicted molar refractivity (Wildman–Crippen MR) is 127 cm³/mol. The summed E-state index contributed by atoms with van der Waals surface area (Å²) in [6, 6.07) is 16.8. The first-order chi connectivity index (χ1) is 16.9. The van der Waals surface area contributed by atoms with Gasteiger partial charge in [0.2, 0.25) is 0 Å². The molecule has 3 N–H and O–H groups in total. The summed E-state index contributed by atoms with van der Waals surface area (Å²) in [5, 5.41) is 18.5. The number of hydrogen-bond donors (Lipinski definition) is 3. The van der Waals surface area contributed by atoms with E-state index in [0.29, 0.717) is 13.1 Å². The predicted octanol–water partition coefficient (Wildman–Crippen LogP) is 2.61. The largest absolute Gasteiger partial charge is 0.480 e. The second-order valence-electron chi connectivity index (χ2n) is 8.70. The van der Waals surface area contributed by atoms with Gasteiger partial charge >= 0.3 is 12.1 Å². The van der Waals surface area contributed by atoms with Crippen molar-refractivity contribution < 1.29 is 24.2 Å². The minimum atomic E-state index is -0.979. The number of likely N-dealkylation sites (N-methyl/N-ethyl adjacent to an activating group) is 1. The Hall–Kier alpha value is -4.18. The van der Waals surface area contributed by atoms with Crippen molar-refractivity contribution in [1.82, 2.24) is 20.0 Å². The summed E-state index contributed by atoms with van der Waals surface area (Å²) in [4.78, 5) is 39.9. The molecule has 10 nitrogen and oxygen atoms in total. The second kappa shape index (κ2) is 9.22. The number of rotatable bonds is 5. The molecule has 1 fully saturated rings. The smallest absolute Gasteiger partial charge is 0.412 e. The summed E-state index contributed by atoms with van der Waals surface area (Å²) in [6.45, 7) is 1.07. The summed E-state index contributed by atoms with van der Waals surface area (Å²) in [7, 11) is 1.72. The quantitative estimate of drug-likeness (QED) is 0.518. The number of nitrogens with one attached hydrogen (secondary N) is 2. The van der Waals surface area contributed by atoms with Gasteiger partial charge in [-0.15, -0.1) is 0 Å². The summed E-state index contributed by atoms with van der Waals surface area (Å²) in [6.07, 6.45) is -0.678. The standard InChI is InChI=1S/C25H25N5O5/c1-29-10-11-30(13-21(29)24(32)33)23(31)20-12-22(28-27-20)26-25(34)35-14-19-17-8-4-2-6-15(17)16-7-3-5-9-18(16)19/h2-9,12,19,21H,10-11,13-14H2,1H3,(H,32,33)(H2,26,27,28,34). The third-order valence-electron chi connectivity index (χ3n) is 6.60. The molecule has 35 heavy (non-hydrogen) atoms. The maximum absolute atomic E-state index is 12.8. The molecule has 1 aromatic heterocycles. The number of piperazine rings is 1. The lowest BCUT2D eigenvalue weighted by Crippen LogP contribution is -2.56. The maximum atomic E-state index is 12.8. The number of H-pyrrole nitrogens is 1. The highest BCUT2D eigenvalue weighted by Crippen LogP contribution is 2.44. The number of nitrogens with zero attached hydrogens (tertiary/aromatic N) is 3. The van der Waals surface area contributed by atoms with E-state index < -0.39 is 18.1 Å². The molecular formula is C25H25N5O5. The molecule has 180 valence electrons. The number of aromatic amines is 1. The molecule has 1 unspecified atom stereocenters. The Morgan fingerprint density at radius 2 is 1.74 bits per heavy atom. The molecule has 1 saturated heterocycles. The van der Waals surface area contributed by atoms with Gasteiger partial charge in [-0.3, -0.25) is 24.9 Å². The van der Waals surface area contributed by atoms with Crippen molar-refractivity contribution in [2.75, 3.05) is 38.6 Å². The zero-order chi connectivity index (χ0) is 24.5. The van der Waals surface area contributed by atoms with Gasteiger partial charge in [-0.05, 0) is 29.3 Å². The number of aromatic nitrogens is 2. The topological polar surface area (TPSA) is 128 Å². The van der Waals surface area contributed by atoms with Crippen molar-refractivity contribution in [3.63, 3.8) is 0 Å². The third-order valence-corrected chi connectivity index (χ3v) is 6.60. The van der Waals surface area contributed by atoms with E-state index in [1.807, 2.05) is 36.4 Å². The van der Waals surface area contributed by atoms with Crippen LogP contribution in [-0.2, 0) is 9.53 Å². The van der Waals surface area contributed by atoms with E-state index in [4.69, 9.17) is 4.74 Å². The fourth-order valence-corrected chi connectivity index (χ4v) is 4.73. The Kier molecular flexibility index (Phi) is 5.96. The van der Waals surface area contributed by atoms with Crippen molar-refractivity contribution in [1.29, 1.82) is 0 Å². The number of aliphatic carboxylic acids is 1. The number of hydrogen-bond acceptors (Lipinski definition) is 6. The number of ether oxygens (including phenoxy) is 1. The number of carboxylic acids is 1. The van der Waals surface area contributed by atoms with Gasteiger partial charge in [0.05, 0.1) is 0 Å². The monoisotopic (exact) mass is 475 g/mol. The Labute approximate surface area is 201 Å². The van der Waals surface area contributed by atoms with Crippen molar-refractivity contribution >= 4 is 23.8 Å². The van der Waals surface area contributed by atoms with Gasteiger partial charge in [0.15, 0.2) is 5.82 Å². The highest BCUT2D eigenvalue weighted by atomic mass is 16.5. The number of benzene rings is 2. The minimum Gasteiger partial charge on any atom is -0.480 e. The first kappa shape index (κ1) is 22.6. The second-order valence-corrected chi connectivity index (χ2v) is 8.70. The average molecular weight is 476 g/mol. The first-order valence-corrected chi connectivity index (χ1v) is 11.3. The molecule has 3 aromatic rings. The first-order valence-electron chi connectivity index (χ1n) is 11.3. The van der Waals surface area contributed by atoms with Gasteiger partial charge in [-0.25, -0.2) is 4.79 Å². The molecule has 2 amide bonds. The molecular weight excluding hydrogens is 450 g/mol. The lowest BCUT2D eigenvalue weighted by atomic mass is 9.98. The molecule has 1 atom stereocenters. The summed E-state index contributed by atoms with van der Waals surface area (Å²) >= 11 is 0. The van der Waals surface area contributed by atoms with Crippen LogP contribution in [0.2, 0.25) is 0 Å². The SMILES string of the molecule is CN1CCN(C(=O)c2cc(NC(=O)OCC3c4ccccc4-c4ccccc43)n[nH]2)CC1C(=O)O. The van der Waals surface area contributed by atoms with Crippen molar-refractivity contribution in [2.24, 2.45) is 0 Å². The number of carboxylic acid groups (broad SMARTS) is 1. The lowest BCUT2D eigenvalue weighted by Gasteiger charge is -2.36. The van der Waals surface area contributed by atoms with Gasteiger partial charge in [0.1, 0.15) is 18.3 Å². The van der Waals surface area contributed by atoms with E-state index in [1.165, 1.54) is 11.0 Å². The number of carbonyl (C=O) groups is 3. The van der Waals surface area contributed by atoms with Crippen molar-refractivity contribution in [3.05, 3.63) is 71.4 Å². The van der Waals surface area contributed by atoms with Crippen molar-refractivity contribution in [3.8, 4) is 11.1 Å². The maximum Gasteiger partial charge on any atom is 0.412 e. The lowest BCUT2D eigenvalue weighted by molar-refractivity contribution is -0.144. The highest BCUT2D eigenvalue weighted by Gasteiger charge is 2.33. The van der Waals surface area contributed by atoms with E-state index in [-0.39, 0.29) is 36.5 Å². The van der Waals surface area contributed by atoms with Gasteiger partial charge in [-0.1, -0.05) is 48.5 Å². The average Bonchev–Trinajstić information content (AvgIpc) is 3.45. The van der Waals surface area contributed by atoms with E-state index in [2.05, 4.69) is 27.6 Å². The molecule has 0 radical (unpaired) electrons. The molecule has 0 bridgehead atoms. The molecule has 0 spiro atoms. The van der Waals surface area contributed by atoms with Crippen LogP contribution in [0, 0.1) is 0 Å². The van der Waals surface area contributed by atoms with Crippen LogP contribution in [0.1, 0.15) is 27.5 Å². The van der Waals surface area contributed by atoms with E-state index in [9.17, 15) is 19.5 Å². The zero-order valence-electron chi connectivity index (χ0n) is 19.1. The van der Waals surface area contributed by atoms with Crippen LogP contribution in [-0.4, -0.2) is 82.4 Å². The van der Waals surface area contributed by atoms with Crippen LogP contribution in [0.25, 0.3) is 11.1 Å². The summed E-state index contributed by atoms with van der Waals surface area (Å²) in [5.41, 5.74) is 4.66. The molecule has 0 saturated carbocycles. The van der Waals surface area contributed by atoms with Crippen LogP contribution in [0.4, 0.5) is 10.6 Å². The number of carbonyl (C=O) groups excluding carboxylic acids is 2. The number of fused-ring (bicyclic) bond motifs is 3. The Morgan fingerprint density at radius 3 is 2.40 bits per heavy atom. The fraction of sp³-hybridized carbons (Fsp3) is 0.280. The normalized spacial score (nSPS) is 17.5. The van der Waals surface area contributed by atoms with E-state index in [0.717, 1.165) is 22.3 Å². The highest BCUT2D eigenvalue weighted by molar-refractivity contribution is 5.94. The minimum absolute atomic E-state index is 0.0658.